The van der Waals surface area contributed by atoms with Crippen LogP contribution in [0.4, 0.5) is 16.3 Å². The number of anilines is 2. The van der Waals surface area contributed by atoms with Crippen LogP contribution in [0.1, 0.15) is 11.3 Å². The molecule has 1 aliphatic rings. The SMILES string of the molecule is Cc1ccc(Cl)c(NC(=O)N2CCN(c3ccc(-n4ccc(C)n4)nn3)CC2)c1. The number of halogens is 1. The molecular weight excluding hydrogens is 390 g/mol. The minimum absolute atomic E-state index is 0.146. The van der Waals surface area contributed by atoms with Crippen molar-refractivity contribution in [1.29, 1.82) is 0 Å². The van der Waals surface area contributed by atoms with Gasteiger partial charge in [-0.25, -0.2) is 9.48 Å². The predicted octanol–water partition coefficient (Wildman–Crippen LogP) is 3.29. The van der Waals surface area contributed by atoms with E-state index in [-0.39, 0.29) is 6.03 Å². The summed E-state index contributed by atoms with van der Waals surface area (Å²) >= 11 is 6.18. The van der Waals surface area contributed by atoms with Crippen LogP contribution in [-0.2, 0) is 0 Å². The Hall–Kier alpha value is -3.13. The fourth-order valence-electron chi connectivity index (χ4n) is 3.22. The van der Waals surface area contributed by atoms with Crippen LogP contribution in [-0.4, -0.2) is 57.1 Å². The van der Waals surface area contributed by atoms with Crippen LogP contribution in [0.5, 0.6) is 0 Å². The second-order valence-corrected chi connectivity index (χ2v) is 7.45. The zero-order valence-electron chi connectivity index (χ0n) is 16.3. The number of urea groups is 1. The van der Waals surface area contributed by atoms with Gasteiger partial charge in [0.05, 0.1) is 16.4 Å². The van der Waals surface area contributed by atoms with E-state index in [0.29, 0.717) is 42.7 Å². The molecule has 0 radical (unpaired) electrons. The van der Waals surface area contributed by atoms with Gasteiger partial charge in [0.1, 0.15) is 0 Å². The summed E-state index contributed by atoms with van der Waals surface area (Å²) in [5, 5.41) is 16.4. The molecule has 3 heterocycles. The van der Waals surface area contributed by atoms with Crippen LogP contribution in [0.2, 0.25) is 5.02 Å². The average molecular weight is 412 g/mol. The third-order valence-corrected chi connectivity index (χ3v) is 5.18. The molecule has 1 aromatic carbocycles. The molecule has 9 heteroatoms. The summed E-state index contributed by atoms with van der Waals surface area (Å²) in [4.78, 5) is 16.5. The topological polar surface area (TPSA) is 79.2 Å². The third kappa shape index (κ3) is 4.32. The van der Waals surface area contributed by atoms with Crippen molar-refractivity contribution < 1.29 is 4.79 Å². The van der Waals surface area contributed by atoms with Crippen LogP contribution < -0.4 is 10.2 Å². The highest BCUT2D eigenvalue weighted by molar-refractivity contribution is 6.33. The minimum Gasteiger partial charge on any atom is -0.352 e. The Labute approximate surface area is 174 Å². The molecule has 1 saturated heterocycles. The molecule has 150 valence electrons. The molecule has 0 unspecified atom stereocenters. The lowest BCUT2D eigenvalue weighted by Crippen LogP contribution is -2.50. The van der Waals surface area contributed by atoms with Gasteiger partial charge in [-0.3, -0.25) is 0 Å². The Balaban J connectivity index is 1.35. The van der Waals surface area contributed by atoms with Gasteiger partial charge in [-0.05, 0) is 49.7 Å². The molecule has 4 rings (SSSR count). The Bertz CT molecular complexity index is 1010. The maximum Gasteiger partial charge on any atom is 0.322 e. The van der Waals surface area contributed by atoms with Gasteiger partial charge in [-0.1, -0.05) is 17.7 Å². The normalized spacial score (nSPS) is 14.2. The van der Waals surface area contributed by atoms with Crippen molar-refractivity contribution in [2.24, 2.45) is 0 Å². The van der Waals surface area contributed by atoms with E-state index in [1.807, 2.05) is 50.4 Å². The van der Waals surface area contributed by atoms with Crippen molar-refractivity contribution in [3.63, 3.8) is 0 Å². The van der Waals surface area contributed by atoms with E-state index >= 15 is 0 Å². The summed E-state index contributed by atoms with van der Waals surface area (Å²) in [7, 11) is 0. The Morgan fingerprint density at radius 2 is 1.72 bits per heavy atom. The van der Waals surface area contributed by atoms with Crippen molar-refractivity contribution in [3.8, 4) is 5.82 Å². The smallest absolute Gasteiger partial charge is 0.322 e. The number of hydrogen-bond acceptors (Lipinski definition) is 5. The number of piperazine rings is 1. The molecule has 2 amide bonds. The molecule has 29 heavy (non-hydrogen) atoms. The van der Waals surface area contributed by atoms with E-state index in [1.54, 1.807) is 15.6 Å². The van der Waals surface area contributed by atoms with E-state index in [4.69, 9.17) is 11.6 Å². The molecule has 2 aromatic heterocycles. The number of carbonyl (C=O) groups excluding carboxylic acids is 1. The maximum absolute atomic E-state index is 12.6. The highest BCUT2D eigenvalue weighted by Crippen LogP contribution is 2.23. The molecule has 0 aliphatic carbocycles. The summed E-state index contributed by atoms with van der Waals surface area (Å²) < 4.78 is 1.70. The molecule has 1 fully saturated rings. The third-order valence-electron chi connectivity index (χ3n) is 4.85. The maximum atomic E-state index is 12.6. The van der Waals surface area contributed by atoms with Crippen molar-refractivity contribution in [3.05, 3.63) is 58.9 Å². The fraction of sp³-hybridized carbons (Fsp3) is 0.300. The molecule has 0 saturated carbocycles. The van der Waals surface area contributed by atoms with Gasteiger partial charge in [0.2, 0.25) is 0 Å². The van der Waals surface area contributed by atoms with Gasteiger partial charge in [0.25, 0.3) is 0 Å². The summed E-state index contributed by atoms with van der Waals surface area (Å²) in [6, 6.07) is 11.2. The number of benzene rings is 1. The first-order valence-corrected chi connectivity index (χ1v) is 9.81. The van der Waals surface area contributed by atoms with Gasteiger partial charge in [0.15, 0.2) is 11.6 Å². The number of hydrogen-bond donors (Lipinski definition) is 1. The quantitative estimate of drug-likeness (QED) is 0.715. The fourth-order valence-corrected chi connectivity index (χ4v) is 3.38. The molecule has 1 N–H and O–H groups in total. The summed E-state index contributed by atoms with van der Waals surface area (Å²) in [5.41, 5.74) is 2.61. The Morgan fingerprint density at radius 1 is 1.00 bits per heavy atom. The predicted molar refractivity (Wildman–Crippen MR) is 113 cm³/mol. The van der Waals surface area contributed by atoms with Gasteiger partial charge in [-0.2, -0.15) is 5.10 Å². The highest BCUT2D eigenvalue weighted by atomic mass is 35.5. The molecule has 0 bridgehead atoms. The van der Waals surface area contributed by atoms with Crippen LogP contribution in [0, 0.1) is 13.8 Å². The summed E-state index contributed by atoms with van der Waals surface area (Å²) in [5.74, 6) is 1.47. The largest absolute Gasteiger partial charge is 0.352 e. The van der Waals surface area contributed by atoms with Crippen molar-refractivity contribution in [2.45, 2.75) is 13.8 Å². The number of amides is 2. The van der Waals surface area contributed by atoms with E-state index in [0.717, 1.165) is 17.1 Å². The van der Waals surface area contributed by atoms with E-state index in [2.05, 4.69) is 25.5 Å². The second-order valence-electron chi connectivity index (χ2n) is 7.04. The summed E-state index contributed by atoms with van der Waals surface area (Å²) in [6.07, 6.45) is 1.86. The molecular formula is C20H22ClN7O. The molecule has 0 spiro atoms. The Morgan fingerprint density at radius 3 is 2.38 bits per heavy atom. The van der Waals surface area contributed by atoms with Gasteiger partial charge in [0, 0.05) is 32.4 Å². The monoisotopic (exact) mass is 411 g/mol. The number of carbonyl (C=O) groups is 1. The standard InChI is InChI=1S/C20H22ClN7O/c1-14-3-4-16(21)17(13-14)22-20(29)27-11-9-26(10-12-27)18-5-6-19(24-23-18)28-8-7-15(2)25-28/h3-8,13H,9-12H2,1-2H3,(H,22,29). The van der Waals surface area contributed by atoms with Crippen LogP contribution in [0.15, 0.2) is 42.6 Å². The second kappa shape index (κ2) is 8.08. The molecule has 1 aliphatic heterocycles. The highest BCUT2D eigenvalue weighted by Gasteiger charge is 2.22. The first kappa shape index (κ1) is 19.2. The number of aromatic nitrogens is 4. The van der Waals surface area contributed by atoms with E-state index < -0.39 is 0 Å². The van der Waals surface area contributed by atoms with Crippen molar-refractivity contribution in [2.75, 3.05) is 36.4 Å². The Kier molecular flexibility index (Phi) is 5.35. The van der Waals surface area contributed by atoms with Crippen molar-refractivity contribution in [1.82, 2.24) is 24.9 Å². The summed E-state index contributed by atoms with van der Waals surface area (Å²) in [6.45, 7) is 6.45. The zero-order valence-corrected chi connectivity index (χ0v) is 17.1. The number of aryl methyl sites for hydroxylation is 2. The van der Waals surface area contributed by atoms with Crippen LogP contribution in [0.3, 0.4) is 0 Å². The van der Waals surface area contributed by atoms with Crippen LogP contribution >= 0.6 is 11.6 Å². The molecule has 3 aromatic rings. The van der Waals surface area contributed by atoms with E-state index in [9.17, 15) is 4.79 Å². The zero-order chi connectivity index (χ0) is 20.4. The molecule has 8 nitrogen and oxygen atoms in total. The van der Waals surface area contributed by atoms with Crippen LogP contribution in [0.25, 0.3) is 5.82 Å². The van der Waals surface area contributed by atoms with E-state index in [1.165, 1.54) is 0 Å². The lowest BCUT2D eigenvalue weighted by molar-refractivity contribution is 0.208. The first-order chi connectivity index (χ1) is 14.0. The lowest BCUT2D eigenvalue weighted by atomic mass is 10.2. The molecule has 0 atom stereocenters. The number of nitrogens with one attached hydrogen (secondary N) is 1. The average Bonchev–Trinajstić information content (AvgIpc) is 3.17. The number of nitrogens with zero attached hydrogens (tertiary/aromatic N) is 6. The first-order valence-electron chi connectivity index (χ1n) is 9.43. The van der Waals surface area contributed by atoms with Gasteiger partial charge < -0.3 is 15.1 Å². The number of rotatable bonds is 3. The minimum atomic E-state index is -0.146. The lowest BCUT2D eigenvalue weighted by Gasteiger charge is -2.35. The van der Waals surface area contributed by atoms with Crippen molar-refractivity contribution >= 4 is 29.1 Å². The van der Waals surface area contributed by atoms with Gasteiger partial charge >= 0.3 is 6.03 Å². The van der Waals surface area contributed by atoms with Gasteiger partial charge in [-0.15, -0.1) is 10.2 Å².